The molecule has 128 valence electrons. The summed E-state index contributed by atoms with van der Waals surface area (Å²) in [6.07, 6.45) is 0. The normalized spacial score (nSPS) is 13.4. The van der Waals surface area contributed by atoms with Crippen LogP contribution in [0.4, 0.5) is 0 Å². The third-order valence-corrected chi connectivity index (χ3v) is 5.53. The lowest BCUT2D eigenvalue weighted by molar-refractivity contribution is -0.145. The standard InChI is InChI=1S/C19H22O4S/c1-11-5-6-14(9-15(11)10-20)18(12(2)19(22)23-4)17-8-7-16(24-17)13(3)21/h5-9,12,18,20H,10H2,1-4H3/t12-,18+/m1/s1. The average molecular weight is 346 g/mol. The van der Waals surface area contributed by atoms with Crippen molar-refractivity contribution in [1.82, 2.24) is 0 Å². The van der Waals surface area contributed by atoms with Gasteiger partial charge in [-0.2, -0.15) is 0 Å². The summed E-state index contributed by atoms with van der Waals surface area (Å²) in [4.78, 5) is 25.3. The Morgan fingerprint density at radius 2 is 1.96 bits per heavy atom. The van der Waals surface area contributed by atoms with E-state index in [0.717, 1.165) is 21.6 Å². The summed E-state index contributed by atoms with van der Waals surface area (Å²) in [6, 6.07) is 9.51. The summed E-state index contributed by atoms with van der Waals surface area (Å²) in [5.41, 5.74) is 2.76. The number of benzene rings is 1. The van der Waals surface area contributed by atoms with Gasteiger partial charge in [-0.05, 0) is 42.7 Å². The molecule has 1 heterocycles. The van der Waals surface area contributed by atoms with Gasteiger partial charge in [-0.25, -0.2) is 0 Å². The number of carbonyl (C=O) groups is 2. The lowest BCUT2D eigenvalue weighted by Gasteiger charge is -2.22. The van der Waals surface area contributed by atoms with Crippen LogP contribution in [0.15, 0.2) is 30.3 Å². The number of rotatable bonds is 6. The van der Waals surface area contributed by atoms with E-state index in [9.17, 15) is 14.7 Å². The second-order valence-corrected chi connectivity index (χ2v) is 7.01. The molecule has 0 unspecified atom stereocenters. The van der Waals surface area contributed by atoms with Crippen LogP contribution in [0.3, 0.4) is 0 Å². The number of hydrogen-bond acceptors (Lipinski definition) is 5. The number of Topliss-reactive ketones (excluding diaryl/α,β-unsaturated/α-hetero) is 1. The molecule has 1 N–H and O–H groups in total. The van der Waals surface area contributed by atoms with E-state index in [2.05, 4.69) is 0 Å². The molecule has 0 spiro atoms. The number of aliphatic hydroxyl groups is 1. The van der Waals surface area contributed by atoms with Crippen LogP contribution in [-0.4, -0.2) is 24.0 Å². The first-order valence-corrected chi connectivity index (χ1v) is 8.59. The molecule has 24 heavy (non-hydrogen) atoms. The fraction of sp³-hybridized carbons (Fsp3) is 0.368. The van der Waals surface area contributed by atoms with Gasteiger partial charge in [0.1, 0.15) is 0 Å². The lowest BCUT2D eigenvalue weighted by atomic mass is 9.84. The summed E-state index contributed by atoms with van der Waals surface area (Å²) in [5, 5.41) is 9.53. The minimum atomic E-state index is -0.400. The SMILES string of the molecule is COC(=O)[C@H](C)[C@@H](c1ccc(C)c(CO)c1)c1ccc(C(C)=O)s1. The van der Waals surface area contributed by atoms with Crippen molar-refractivity contribution >= 4 is 23.1 Å². The molecule has 0 saturated carbocycles. The highest BCUT2D eigenvalue weighted by atomic mass is 32.1. The third-order valence-electron chi connectivity index (χ3n) is 4.26. The number of carbonyl (C=O) groups excluding carboxylic acids is 2. The molecule has 4 nitrogen and oxygen atoms in total. The van der Waals surface area contributed by atoms with Crippen LogP contribution < -0.4 is 0 Å². The van der Waals surface area contributed by atoms with Crippen molar-refractivity contribution in [2.45, 2.75) is 33.3 Å². The predicted molar refractivity (Wildman–Crippen MR) is 94.4 cm³/mol. The quantitative estimate of drug-likeness (QED) is 0.640. The second-order valence-electron chi connectivity index (χ2n) is 5.89. The first-order chi connectivity index (χ1) is 11.4. The predicted octanol–water partition coefficient (Wildman–Crippen LogP) is 3.69. The van der Waals surface area contributed by atoms with E-state index in [0.29, 0.717) is 4.88 Å². The summed E-state index contributed by atoms with van der Waals surface area (Å²) in [6.45, 7) is 5.24. The molecule has 0 bridgehead atoms. The van der Waals surface area contributed by atoms with Gasteiger partial charge in [0.05, 0.1) is 24.5 Å². The van der Waals surface area contributed by atoms with Gasteiger partial charge in [-0.1, -0.05) is 25.1 Å². The highest BCUT2D eigenvalue weighted by Crippen LogP contribution is 2.37. The van der Waals surface area contributed by atoms with Crippen LogP contribution >= 0.6 is 11.3 Å². The zero-order valence-corrected chi connectivity index (χ0v) is 15.1. The van der Waals surface area contributed by atoms with Gasteiger partial charge in [0, 0.05) is 10.8 Å². The Bertz CT molecular complexity index is 748. The summed E-state index contributed by atoms with van der Waals surface area (Å²) >= 11 is 1.40. The largest absolute Gasteiger partial charge is 0.469 e. The van der Waals surface area contributed by atoms with Crippen LogP contribution in [0.2, 0.25) is 0 Å². The number of aryl methyl sites for hydroxylation is 1. The second kappa shape index (κ2) is 7.73. The average Bonchev–Trinajstić information content (AvgIpc) is 3.05. The number of methoxy groups -OCH3 is 1. The first-order valence-electron chi connectivity index (χ1n) is 7.77. The Labute approximate surface area is 146 Å². The number of ether oxygens (including phenoxy) is 1. The molecular weight excluding hydrogens is 324 g/mol. The minimum Gasteiger partial charge on any atom is -0.469 e. The van der Waals surface area contributed by atoms with Gasteiger partial charge in [-0.15, -0.1) is 11.3 Å². The molecule has 2 atom stereocenters. The molecule has 0 aliphatic heterocycles. The van der Waals surface area contributed by atoms with E-state index in [1.54, 1.807) is 6.07 Å². The van der Waals surface area contributed by atoms with Crippen LogP contribution in [-0.2, 0) is 16.1 Å². The Morgan fingerprint density at radius 1 is 1.25 bits per heavy atom. The molecule has 5 heteroatoms. The molecule has 0 amide bonds. The number of hydrogen-bond donors (Lipinski definition) is 1. The molecule has 0 aliphatic rings. The van der Waals surface area contributed by atoms with Gasteiger partial charge in [0.15, 0.2) is 5.78 Å². The molecule has 2 aromatic rings. The number of ketones is 1. The highest BCUT2D eigenvalue weighted by Gasteiger charge is 2.29. The molecule has 1 aromatic carbocycles. The smallest absolute Gasteiger partial charge is 0.309 e. The van der Waals surface area contributed by atoms with Crippen molar-refractivity contribution in [2.24, 2.45) is 5.92 Å². The Morgan fingerprint density at radius 3 is 2.50 bits per heavy atom. The lowest BCUT2D eigenvalue weighted by Crippen LogP contribution is -2.21. The van der Waals surface area contributed by atoms with Gasteiger partial charge < -0.3 is 9.84 Å². The molecule has 1 aromatic heterocycles. The van der Waals surface area contributed by atoms with Gasteiger partial charge in [0.2, 0.25) is 0 Å². The number of thiophene rings is 1. The minimum absolute atomic E-state index is 0.00988. The summed E-state index contributed by atoms with van der Waals surface area (Å²) < 4.78 is 4.92. The van der Waals surface area contributed by atoms with Crippen LogP contribution in [0.5, 0.6) is 0 Å². The maximum atomic E-state index is 12.1. The summed E-state index contributed by atoms with van der Waals surface area (Å²) in [7, 11) is 1.37. The van der Waals surface area contributed by atoms with Crippen molar-refractivity contribution in [3.63, 3.8) is 0 Å². The van der Waals surface area contributed by atoms with Gasteiger partial charge in [-0.3, -0.25) is 9.59 Å². The van der Waals surface area contributed by atoms with Crippen molar-refractivity contribution in [1.29, 1.82) is 0 Å². The fourth-order valence-electron chi connectivity index (χ4n) is 2.79. The number of esters is 1. The zero-order valence-electron chi connectivity index (χ0n) is 14.3. The van der Waals surface area contributed by atoms with E-state index in [-0.39, 0.29) is 24.3 Å². The number of aliphatic hydroxyl groups excluding tert-OH is 1. The molecular formula is C19H22O4S. The van der Waals surface area contributed by atoms with Crippen molar-refractivity contribution < 1.29 is 19.4 Å². The van der Waals surface area contributed by atoms with Gasteiger partial charge in [0.25, 0.3) is 0 Å². The van der Waals surface area contributed by atoms with Crippen LogP contribution in [0.1, 0.15) is 51.0 Å². The van der Waals surface area contributed by atoms with Crippen molar-refractivity contribution in [3.05, 3.63) is 56.8 Å². The van der Waals surface area contributed by atoms with Crippen LogP contribution in [0.25, 0.3) is 0 Å². The van der Waals surface area contributed by atoms with E-state index < -0.39 is 5.92 Å². The van der Waals surface area contributed by atoms with E-state index in [4.69, 9.17) is 4.74 Å². The monoisotopic (exact) mass is 346 g/mol. The maximum absolute atomic E-state index is 12.1. The van der Waals surface area contributed by atoms with E-state index in [1.165, 1.54) is 25.4 Å². The van der Waals surface area contributed by atoms with Crippen molar-refractivity contribution in [3.8, 4) is 0 Å². The summed E-state index contributed by atoms with van der Waals surface area (Å²) in [5.74, 6) is -0.913. The topological polar surface area (TPSA) is 63.6 Å². The van der Waals surface area contributed by atoms with Gasteiger partial charge >= 0.3 is 5.97 Å². The highest BCUT2D eigenvalue weighted by molar-refractivity contribution is 7.14. The maximum Gasteiger partial charge on any atom is 0.309 e. The van der Waals surface area contributed by atoms with Crippen LogP contribution in [0, 0.1) is 12.8 Å². The Balaban J connectivity index is 2.53. The Hall–Kier alpha value is -1.98. The van der Waals surface area contributed by atoms with E-state index >= 15 is 0 Å². The van der Waals surface area contributed by atoms with E-state index in [1.807, 2.05) is 38.1 Å². The molecule has 0 saturated heterocycles. The first kappa shape index (κ1) is 18.4. The molecule has 0 radical (unpaired) electrons. The zero-order chi connectivity index (χ0) is 17.9. The van der Waals surface area contributed by atoms with Crippen molar-refractivity contribution in [2.75, 3.05) is 7.11 Å². The Kier molecular flexibility index (Phi) is 5.91. The molecule has 0 fully saturated rings. The fourth-order valence-corrected chi connectivity index (χ4v) is 3.92. The molecule has 0 aliphatic carbocycles. The molecule has 2 rings (SSSR count). The third kappa shape index (κ3) is 3.74.